The molecule has 9 nitrogen and oxygen atoms in total. The van der Waals surface area contributed by atoms with Gasteiger partial charge in [0.05, 0.1) is 45.2 Å². The number of methoxy groups -OCH3 is 1. The second kappa shape index (κ2) is 14.2. The average molecular weight is 553 g/mol. The number of ether oxygens (including phenoxy) is 4. The van der Waals surface area contributed by atoms with Crippen molar-refractivity contribution in [3.05, 3.63) is 59.2 Å². The van der Waals surface area contributed by atoms with Crippen LogP contribution in [0.15, 0.2) is 48.0 Å². The molecule has 2 heterocycles. The molecule has 0 radical (unpaired) electrons. The predicted molar refractivity (Wildman–Crippen MR) is 152 cm³/mol. The number of unbranched alkanes of at least 4 members (excludes halogenated alkanes) is 2. The van der Waals surface area contributed by atoms with Crippen LogP contribution in [0.5, 0.6) is 17.2 Å². The number of amides is 1. The molecule has 0 saturated carbocycles. The third-order valence-corrected chi connectivity index (χ3v) is 7.25. The minimum Gasteiger partial charge on any atom is -0.507 e. The molecule has 2 saturated heterocycles. The highest BCUT2D eigenvalue weighted by Gasteiger charge is 2.46. The van der Waals surface area contributed by atoms with Crippen LogP contribution in [0.4, 0.5) is 0 Å². The summed E-state index contributed by atoms with van der Waals surface area (Å²) >= 11 is 0. The molecule has 0 spiro atoms. The summed E-state index contributed by atoms with van der Waals surface area (Å²) in [4.78, 5) is 30.6. The number of likely N-dealkylation sites (tertiary alicyclic amines) is 1. The van der Waals surface area contributed by atoms with Crippen molar-refractivity contribution in [2.24, 2.45) is 0 Å². The van der Waals surface area contributed by atoms with Gasteiger partial charge in [0.25, 0.3) is 11.7 Å². The lowest BCUT2D eigenvalue weighted by atomic mass is 9.95. The Kier molecular flexibility index (Phi) is 10.4. The standard InChI is InChI=1S/C31H40N2O7/c1-4-6-7-18-40-25-13-10-23(21-26(25)39-5-2)28-27(29(34)22-8-11-24(37-3)12-9-22)30(35)31(36)33(28)15-14-32-16-19-38-20-17-32/h8-13,21,28,34H,4-7,14-20H2,1-3H3. The normalized spacial score (nSPS) is 19.2. The third kappa shape index (κ3) is 6.77. The van der Waals surface area contributed by atoms with Gasteiger partial charge in [0, 0.05) is 31.7 Å². The van der Waals surface area contributed by atoms with E-state index in [1.807, 2.05) is 25.1 Å². The van der Waals surface area contributed by atoms with Crippen LogP contribution in [0.1, 0.15) is 50.3 Å². The zero-order valence-corrected chi connectivity index (χ0v) is 23.7. The molecule has 2 aromatic rings. The summed E-state index contributed by atoms with van der Waals surface area (Å²) in [5.74, 6) is 0.207. The summed E-state index contributed by atoms with van der Waals surface area (Å²) in [6.07, 6.45) is 3.11. The average Bonchev–Trinajstić information content (AvgIpc) is 3.24. The summed E-state index contributed by atoms with van der Waals surface area (Å²) in [6.45, 7) is 8.75. The number of hydrogen-bond acceptors (Lipinski definition) is 8. The molecule has 40 heavy (non-hydrogen) atoms. The van der Waals surface area contributed by atoms with Gasteiger partial charge in [-0.3, -0.25) is 14.5 Å². The van der Waals surface area contributed by atoms with Gasteiger partial charge in [-0.15, -0.1) is 0 Å². The lowest BCUT2D eigenvalue weighted by molar-refractivity contribution is -0.140. The number of aliphatic hydroxyl groups is 1. The fourth-order valence-electron chi connectivity index (χ4n) is 5.05. The number of benzene rings is 2. The number of Topliss-reactive ketones (excluding diaryl/α,β-unsaturated/α-hetero) is 1. The van der Waals surface area contributed by atoms with E-state index in [1.165, 1.54) is 0 Å². The van der Waals surface area contributed by atoms with Gasteiger partial charge in [0.15, 0.2) is 11.5 Å². The van der Waals surface area contributed by atoms with Crippen LogP contribution in [-0.4, -0.2) is 86.3 Å². The van der Waals surface area contributed by atoms with Crippen LogP contribution < -0.4 is 14.2 Å². The van der Waals surface area contributed by atoms with Crippen LogP contribution in [0.3, 0.4) is 0 Å². The van der Waals surface area contributed by atoms with Crippen molar-refractivity contribution >= 4 is 17.4 Å². The van der Waals surface area contributed by atoms with Crippen molar-refractivity contribution in [3.8, 4) is 17.2 Å². The lowest BCUT2D eigenvalue weighted by Crippen LogP contribution is -2.42. The molecule has 216 valence electrons. The highest BCUT2D eigenvalue weighted by Crippen LogP contribution is 2.42. The van der Waals surface area contributed by atoms with Crippen LogP contribution in [-0.2, 0) is 14.3 Å². The highest BCUT2D eigenvalue weighted by molar-refractivity contribution is 6.46. The third-order valence-electron chi connectivity index (χ3n) is 7.25. The van der Waals surface area contributed by atoms with Gasteiger partial charge in [0.1, 0.15) is 11.5 Å². The van der Waals surface area contributed by atoms with Gasteiger partial charge in [-0.25, -0.2) is 0 Å². The number of nitrogens with zero attached hydrogens (tertiary/aromatic N) is 2. The zero-order chi connectivity index (χ0) is 28.5. The summed E-state index contributed by atoms with van der Waals surface area (Å²) in [5.41, 5.74) is 1.15. The van der Waals surface area contributed by atoms with Crippen LogP contribution in [0, 0.1) is 0 Å². The predicted octanol–water partition coefficient (Wildman–Crippen LogP) is 4.42. The zero-order valence-electron chi connectivity index (χ0n) is 23.7. The Labute approximate surface area is 236 Å². The maximum Gasteiger partial charge on any atom is 0.295 e. The first kappa shape index (κ1) is 29.4. The van der Waals surface area contributed by atoms with Gasteiger partial charge in [-0.05, 0) is 55.3 Å². The molecule has 1 atom stereocenters. The highest BCUT2D eigenvalue weighted by atomic mass is 16.5. The van der Waals surface area contributed by atoms with E-state index in [2.05, 4.69) is 11.8 Å². The number of morpholine rings is 1. The van der Waals surface area contributed by atoms with E-state index in [1.54, 1.807) is 36.3 Å². The molecular formula is C31H40N2O7. The molecular weight excluding hydrogens is 512 g/mol. The number of aliphatic hydroxyl groups excluding tert-OH is 1. The Morgan fingerprint density at radius 1 is 0.975 bits per heavy atom. The number of carbonyl (C=O) groups is 2. The molecule has 1 amide bonds. The Bertz CT molecular complexity index is 1190. The topological polar surface area (TPSA) is 97.8 Å². The van der Waals surface area contributed by atoms with Crippen molar-refractivity contribution in [1.29, 1.82) is 0 Å². The summed E-state index contributed by atoms with van der Waals surface area (Å²) in [6, 6.07) is 11.5. The second-order valence-corrected chi connectivity index (χ2v) is 9.87. The largest absolute Gasteiger partial charge is 0.507 e. The maximum absolute atomic E-state index is 13.4. The summed E-state index contributed by atoms with van der Waals surface area (Å²) < 4.78 is 22.6. The molecule has 0 aliphatic carbocycles. The van der Waals surface area contributed by atoms with E-state index in [9.17, 15) is 14.7 Å². The molecule has 2 fully saturated rings. The van der Waals surface area contributed by atoms with Gasteiger partial charge >= 0.3 is 0 Å². The van der Waals surface area contributed by atoms with Crippen molar-refractivity contribution in [3.63, 3.8) is 0 Å². The second-order valence-electron chi connectivity index (χ2n) is 9.87. The van der Waals surface area contributed by atoms with Crippen LogP contribution >= 0.6 is 0 Å². The number of carbonyl (C=O) groups excluding carboxylic acids is 2. The Hall–Kier alpha value is -3.56. The number of hydrogen-bond donors (Lipinski definition) is 1. The first-order valence-electron chi connectivity index (χ1n) is 14.1. The van der Waals surface area contributed by atoms with Gasteiger partial charge in [-0.1, -0.05) is 25.8 Å². The van der Waals surface area contributed by atoms with E-state index in [0.29, 0.717) is 67.9 Å². The summed E-state index contributed by atoms with van der Waals surface area (Å²) in [7, 11) is 1.56. The summed E-state index contributed by atoms with van der Waals surface area (Å²) in [5, 5.41) is 11.4. The van der Waals surface area contributed by atoms with Crippen molar-refractivity contribution < 1.29 is 33.6 Å². The Morgan fingerprint density at radius 2 is 1.73 bits per heavy atom. The molecule has 2 aromatic carbocycles. The smallest absolute Gasteiger partial charge is 0.295 e. The first-order valence-corrected chi connectivity index (χ1v) is 14.1. The van der Waals surface area contributed by atoms with E-state index >= 15 is 0 Å². The van der Waals surface area contributed by atoms with Gasteiger partial charge < -0.3 is 29.0 Å². The molecule has 4 rings (SSSR count). The van der Waals surface area contributed by atoms with Gasteiger partial charge in [-0.2, -0.15) is 0 Å². The molecule has 0 bridgehead atoms. The molecule has 0 aromatic heterocycles. The molecule has 1 N–H and O–H groups in total. The lowest BCUT2D eigenvalue weighted by Gasteiger charge is -2.31. The molecule has 9 heteroatoms. The first-order chi connectivity index (χ1) is 19.5. The van der Waals surface area contributed by atoms with E-state index < -0.39 is 17.7 Å². The quantitative estimate of drug-likeness (QED) is 0.169. The molecule has 2 aliphatic heterocycles. The Balaban J connectivity index is 1.72. The number of ketones is 1. The maximum atomic E-state index is 13.4. The SMILES string of the molecule is CCCCCOc1ccc(C2C(=C(O)c3ccc(OC)cc3)C(=O)C(=O)N2CCN2CCOCC2)cc1OCC. The van der Waals surface area contributed by atoms with Crippen LogP contribution in [0.2, 0.25) is 0 Å². The van der Waals surface area contributed by atoms with Crippen molar-refractivity contribution in [1.82, 2.24) is 9.80 Å². The molecule has 2 aliphatic rings. The van der Waals surface area contributed by atoms with E-state index in [4.69, 9.17) is 18.9 Å². The molecule has 1 unspecified atom stereocenters. The van der Waals surface area contributed by atoms with Crippen LogP contribution in [0.25, 0.3) is 5.76 Å². The fraction of sp³-hybridized carbons (Fsp3) is 0.484. The number of rotatable bonds is 13. The van der Waals surface area contributed by atoms with E-state index in [-0.39, 0.29) is 11.3 Å². The van der Waals surface area contributed by atoms with Crippen molar-refractivity contribution in [2.45, 2.75) is 39.2 Å². The minimum atomic E-state index is -0.781. The Morgan fingerprint density at radius 3 is 2.40 bits per heavy atom. The minimum absolute atomic E-state index is 0.0520. The fourth-order valence-corrected chi connectivity index (χ4v) is 5.05. The van der Waals surface area contributed by atoms with E-state index in [0.717, 1.165) is 32.4 Å². The van der Waals surface area contributed by atoms with Crippen molar-refractivity contribution in [2.75, 3.05) is 59.7 Å². The monoisotopic (exact) mass is 552 g/mol. The van der Waals surface area contributed by atoms with Gasteiger partial charge in [0.2, 0.25) is 0 Å².